The summed E-state index contributed by atoms with van der Waals surface area (Å²) in [6.07, 6.45) is 0.258. The Bertz CT molecular complexity index is 651. The summed E-state index contributed by atoms with van der Waals surface area (Å²) in [5.74, 6) is 0.967. The van der Waals surface area contributed by atoms with Crippen molar-refractivity contribution >= 4 is 18.4 Å². The van der Waals surface area contributed by atoms with Crippen LogP contribution in [0, 0.1) is 0 Å². The molecule has 0 aliphatic rings. The van der Waals surface area contributed by atoms with Crippen molar-refractivity contribution in [1.82, 2.24) is 5.32 Å². The summed E-state index contributed by atoms with van der Waals surface area (Å²) in [6.45, 7) is 1.36. The van der Waals surface area contributed by atoms with E-state index in [0.717, 1.165) is 24.3 Å². The van der Waals surface area contributed by atoms with Crippen molar-refractivity contribution in [2.45, 2.75) is 12.5 Å². The largest absolute Gasteiger partial charge is 0.491 e. The molecule has 0 heterocycles. The van der Waals surface area contributed by atoms with E-state index in [0.29, 0.717) is 12.3 Å². The zero-order valence-electron chi connectivity index (χ0n) is 15.3. The van der Waals surface area contributed by atoms with Gasteiger partial charge in [-0.1, -0.05) is 30.3 Å². The van der Waals surface area contributed by atoms with Gasteiger partial charge in [0.1, 0.15) is 24.2 Å². The molecule has 27 heavy (non-hydrogen) atoms. The van der Waals surface area contributed by atoms with Crippen LogP contribution >= 0.6 is 12.4 Å². The number of para-hydroxylation sites is 1. The number of methoxy groups -OCH3 is 1. The summed E-state index contributed by atoms with van der Waals surface area (Å²) in [5.41, 5.74) is 1.14. The number of carbonyl (C=O) groups excluding carboxylic acids is 1. The Balaban J connectivity index is 0.00000364. The van der Waals surface area contributed by atoms with Crippen LogP contribution in [0.25, 0.3) is 0 Å². The van der Waals surface area contributed by atoms with Gasteiger partial charge >= 0.3 is 5.97 Å². The Morgan fingerprint density at radius 2 is 1.70 bits per heavy atom. The second-order valence-electron chi connectivity index (χ2n) is 5.74. The van der Waals surface area contributed by atoms with Crippen LogP contribution in [0.2, 0.25) is 0 Å². The third kappa shape index (κ3) is 9.28. The van der Waals surface area contributed by atoms with Gasteiger partial charge in [-0.05, 0) is 42.8 Å². The summed E-state index contributed by atoms with van der Waals surface area (Å²) in [6, 6.07) is 17.0. The van der Waals surface area contributed by atoms with Gasteiger partial charge in [0.05, 0.1) is 7.11 Å². The first-order valence-corrected chi connectivity index (χ1v) is 8.52. The topological polar surface area (TPSA) is 77.0 Å². The Morgan fingerprint density at radius 3 is 2.37 bits per heavy atom. The number of esters is 1. The van der Waals surface area contributed by atoms with Crippen molar-refractivity contribution in [2.75, 3.05) is 33.4 Å². The summed E-state index contributed by atoms with van der Waals surface area (Å²) in [7, 11) is 1.33. The van der Waals surface area contributed by atoms with Gasteiger partial charge < -0.3 is 24.6 Å². The van der Waals surface area contributed by atoms with Crippen LogP contribution in [0.5, 0.6) is 11.5 Å². The summed E-state index contributed by atoms with van der Waals surface area (Å²) < 4.78 is 15.3. The number of aliphatic hydroxyl groups excluding tert-OH is 1. The van der Waals surface area contributed by atoms with Crippen molar-refractivity contribution in [3.05, 3.63) is 60.2 Å². The number of benzene rings is 2. The maximum Gasteiger partial charge on any atom is 0.343 e. The first-order valence-electron chi connectivity index (χ1n) is 8.52. The van der Waals surface area contributed by atoms with Crippen LogP contribution < -0.4 is 14.8 Å². The number of hydrogen-bond acceptors (Lipinski definition) is 6. The molecule has 0 bridgehead atoms. The lowest BCUT2D eigenvalue weighted by atomic mass is 10.1. The molecule has 1 unspecified atom stereocenters. The van der Waals surface area contributed by atoms with Crippen LogP contribution in [0.15, 0.2) is 54.6 Å². The lowest BCUT2D eigenvalue weighted by Crippen LogP contribution is -2.32. The maximum absolute atomic E-state index is 11.0. The van der Waals surface area contributed by atoms with E-state index in [1.807, 2.05) is 54.6 Å². The molecule has 0 fully saturated rings. The monoisotopic (exact) mass is 395 g/mol. The molecular weight excluding hydrogens is 370 g/mol. The van der Waals surface area contributed by atoms with Crippen LogP contribution in [0.3, 0.4) is 0 Å². The van der Waals surface area contributed by atoms with E-state index in [1.165, 1.54) is 7.11 Å². The molecule has 0 amide bonds. The van der Waals surface area contributed by atoms with Gasteiger partial charge in [0, 0.05) is 6.54 Å². The molecular formula is C20H26ClNO5. The van der Waals surface area contributed by atoms with E-state index in [2.05, 4.69) is 10.1 Å². The second kappa shape index (κ2) is 13.0. The molecule has 0 radical (unpaired) electrons. The van der Waals surface area contributed by atoms with Crippen LogP contribution in [-0.4, -0.2) is 50.6 Å². The fourth-order valence-corrected chi connectivity index (χ4v) is 2.22. The van der Waals surface area contributed by atoms with E-state index in [1.54, 1.807) is 0 Å². The Morgan fingerprint density at radius 1 is 1.04 bits per heavy atom. The van der Waals surface area contributed by atoms with Crippen LogP contribution in [0.4, 0.5) is 0 Å². The highest BCUT2D eigenvalue weighted by atomic mass is 35.5. The van der Waals surface area contributed by atoms with Crippen molar-refractivity contribution in [3.63, 3.8) is 0 Å². The highest BCUT2D eigenvalue weighted by molar-refractivity contribution is 5.85. The third-order valence-corrected chi connectivity index (χ3v) is 3.66. The van der Waals surface area contributed by atoms with E-state index in [-0.39, 0.29) is 25.6 Å². The SMILES string of the molecule is COC(=O)COc1ccc(CCNCC(O)COc2ccccc2)cc1.Cl. The second-order valence-corrected chi connectivity index (χ2v) is 5.74. The summed E-state index contributed by atoms with van der Waals surface area (Å²) >= 11 is 0. The number of aliphatic hydroxyl groups is 1. The molecule has 0 aromatic heterocycles. The van der Waals surface area contributed by atoms with Crippen molar-refractivity contribution < 1.29 is 24.1 Å². The molecule has 148 valence electrons. The Kier molecular flexibility index (Phi) is 10.9. The third-order valence-electron chi connectivity index (χ3n) is 3.66. The molecule has 2 N–H and O–H groups in total. The number of nitrogens with one attached hydrogen (secondary N) is 1. The van der Waals surface area contributed by atoms with E-state index in [9.17, 15) is 9.90 Å². The molecule has 0 aliphatic carbocycles. The fourth-order valence-electron chi connectivity index (χ4n) is 2.22. The number of ether oxygens (including phenoxy) is 3. The molecule has 2 aromatic rings. The zero-order valence-corrected chi connectivity index (χ0v) is 16.1. The van der Waals surface area contributed by atoms with Crippen molar-refractivity contribution in [3.8, 4) is 11.5 Å². The Labute approximate surface area is 165 Å². The molecule has 2 rings (SSSR count). The van der Waals surface area contributed by atoms with Gasteiger partial charge in [0.25, 0.3) is 0 Å². The van der Waals surface area contributed by atoms with E-state index >= 15 is 0 Å². The van der Waals surface area contributed by atoms with Crippen molar-refractivity contribution in [1.29, 1.82) is 0 Å². The predicted molar refractivity (Wildman–Crippen MR) is 106 cm³/mol. The normalized spacial score (nSPS) is 11.2. The van der Waals surface area contributed by atoms with Crippen LogP contribution in [-0.2, 0) is 16.0 Å². The quantitative estimate of drug-likeness (QED) is 0.449. The highest BCUT2D eigenvalue weighted by Crippen LogP contribution is 2.12. The maximum atomic E-state index is 11.0. The number of halogens is 1. The summed E-state index contributed by atoms with van der Waals surface area (Å²) in [4.78, 5) is 11.0. The fraction of sp³-hybridized carbons (Fsp3) is 0.350. The highest BCUT2D eigenvalue weighted by Gasteiger charge is 2.05. The van der Waals surface area contributed by atoms with Gasteiger partial charge in [-0.15, -0.1) is 12.4 Å². The molecule has 2 aromatic carbocycles. The molecule has 0 saturated carbocycles. The number of hydrogen-bond donors (Lipinski definition) is 2. The number of carbonyl (C=O) groups is 1. The molecule has 0 spiro atoms. The molecule has 6 nitrogen and oxygen atoms in total. The molecule has 0 aliphatic heterocycles. The van der Waals surface area contributed by atoms with E-state index in [4.69, 9.17) is 9.47 Å². The number of rotatable bonds is 11. The van der Waals surface area contributed by atoms with Gasteiger partial charge in [-0.2, -0.15) is 0 Å². The van der Waals surface area contributed by atoms with Gasteiger partial charge in [0.2, 0.25) is 0 Å². The van der Waals surface area contributed by atoms with Crippen molar-refractivity contribution in [2.24, 2.45) is 0 Å². The zero-order chi connectivity index (χ0) is 18.6. The minimum Gasteiger partial charge on any atom is -0.491 e. The molecule has 7 heteroatoms. The minimum atomic E-state index is -0.565. The van der Waals surface area contributed by atoms with Crippen LogP contribution in [0.1, 0.15) is 5.56 Å². The minimum absolute atomic E-state index is 0. The molecule has 1 atom stereocenters. The van der Waals surface area contributed by atoms with E-state index < -0.39 is 12.1 Å². The predicted octanol–water partition coefficient (Wildman–Crippen LogP) is 2.23. The average Bonchev–Trinajstić information content (AvgIpc) is 2.69. The summed E-state index contributed by atoms with van der Waals surface area (Å²) in [5, 5.41) is 13.1. The standard InChI is InChI=1S/C20H25NO5.ClH/c1-24-20(23)15-26-19-9-7-16(8-10-19)11-12-21-13-17(22)14-25-18-5-3-2-4-6-18;/h2-10,17,21-22H,11-15H2,1H3;1H. The average molecular weight is 396 g/mol. The Hall–Kier alpha value is -2.28. The lowest BCUT2D eigenvalue weighted by molar-refractivity contribution is -0.142. The lowest BCUT2D eigenvalue weighted by Gasteiger charge is -2.13. The van der Waals surface area contributed by atoms with Gasteiger partial charge in [-0.25, -0.2) is 4.79 Å². The van der Waals surface area contributed by atoms with Gasteiger partial charge in [-0.3, -0.25) is 0 Å². The molecule has 0 saturated heterocycles. The smallest absolute Gasteiger partial charge is 0.343 e. The first-order chi connectivity index (χ1) is 12.7. The first kappa shape index (κ1) is 22.8. The van der Waals surface area contributed by atoms with Gasteiger partial charge in [0.15, 0.2) is 6.61 Å².